The fourth-order valence-electron chi connectivity index (χ4n) is 2.35. The number of nitro benzene ring substituents is 1. The number of para-hydroxylation sites is 1. The van der Waals surface area contributed by atoms with Gasteiger partial charge in [0.1, 0.15) is 5.69 Å². The fraction of sp³-hybridized carbons (Fsp3) is 0.462. The lowest BCUT2D eigenvalue weighted by atomic mass is 10.0. The van der Waals surface area contributed by atoms with E-state index in [1.54, 1.807) is 12.1 Å². The Balaban J connectivity index is 2.05. The molecule has 1 N–H and O–H groups in total. The summed E-state index contributed by atoms with van der Waals surface area (Å²) in [5, 5.41) is 23.2. The first-order valence-electron chi connectivity index (χ1n) is 6.40. The van der Waals surface area contributed by atoms with Crippen LogP contribution in [0.4, 0.5) is 11.4 Å². The maximum atomic E-state index is 11.0. The Morgan fingerprint density at radius 2 is 2.20 bits per heavy atom. The summed E-state index contributed by atoms with van der Waals surface area (Å²) in [7, 11) is 0. The van der Waals surface area contributed by atoms with Crippen LogP contribution >= 0.6 is 11.6 Å². The van der Waals surface area contributed by atoms with Gasteiger partial charge in [-0.2, -0.15) is 5.26 Å². The Morgan fingerprint density at radius 3 is 2.80 bits per heavy atom. The highest BCUT2D eigenvalue weighted by molar-refractivity contribution is 6.33. The summed E-state index contributed by atoms with van der Waals surface area (Å²) in [6.45, 7) is 2.05. The highest BCUT2D eigenvalue weighted by atomic mass is 35.5. The first-order chi connectivity index (χ1) is 9.61. The fourth-order valence-corrected chi connectivity index (χ4v) is 2.57. The third-order valence-corrected chi connectivity index (χ3v) is 3.73. The third-order valence-electron chi connectivity index (χ3n) is 3.42. The number of hydrogen-bond acceptors (Lipinski definition) is 5. The van der Waals surface area contributed by atoms with Gasteiger partial charge in [0.25, 0.3) is 5.69 Å². The molecule has 2 rings (SSSR count). The number of hydrogen-bond donors (Lipinski definition) is 1. The van der Waals surface area contributed by atoms with E-state index in [4.69, 9.17) is 16.9 Å². The average Bonchev–Trinajstić information content (AvgIpc) is 2.43. The van der Waals surface area contributed by atoms with Gasteiger partial charge in [0, 0.05) is 25.2 Å². The summed E-state index contributed by atoms with van der Waals surface area (Å²) in [6, 6.07) is 6.93. The summed E-state index contributed by atoms with van der Waals surface area (Å²) in [5.41, 5.74) is 0.384. The van der Waals surface area contributed by atoms with Crippen molar-refractivity contribution in [2.45, 2.75) is 18.9 Å². The van der Waals surface area contributed by atoms with E-state index in [1.165, 1.54) is 6.07 Å². The van der Waals surface area contributed by atoms with Crippen LogP contribution in [0, 0.1) is 21.4 Å². The molecule has 0 radical (unpaired) electrons. The van der Waals surface area contributed by atoms with E-state index in [2.05, 4.69) is 16.3 Å². The van der Waals surface area contributed by atoms with E-state index in [0.29, 0.717) is 17.3 Å². The number of nitrogens with zero attached hydrogens (tertiary/aromatic N) is 3. The van der Waals surface area contributed by atoms with E-state index in [-0.39, 0.29) is 11.7 Å². The van der Waals surface area contributed by atoms with Crippen molar-refractivity contribution in [2.75, 3.05) is 25.0 Å². The highest BCUT2D eigenvalue weighted by Crippen LogP contribution is 2.33. The van der Waals surface area contributed by atoms with E-state index in [0.717, 1.165) is 25.9 Å². The van der Waals surface area contributed by atoms with Gasteiger partial charge in [-0.3, -0.25) is 15.0 Å². The Kier molecular flexibility index (Phi) is 4.77. The first-order valence-corrected chi connectivity index (χ1v) is 6.78. The Morgan fingerprint density at radius 1 is 1.50 bits per heavy atom. The molecule has 0 saturated carbocycles. The molecule has 1 aliphatic rings. The second-order valence-corrected chi connectivity index (χ2v) is 5.15. The molecule has 1 aromatic carbocycles. The molecule has 0 unspecified atom stereocenters. The molecular weight excluding hydrogens is 280 g/mol. The van der Waals surface area contributed by atoms with Crippen molar-refractivity contribution in [3.05, 3.63) is 33.3 Å². The Labute approximate surface area is 122 Å². The summed E-state index contributed by atoms with van der Waals surface area (Å²) in [4.78, 5) is 12.7. The third kappa shape index (κ3) is 3.38. The van der Waals surface area contributed by atoms with E-state index < -0.39 is 4.92 Å². The van der Waals surface area contributed by atoms with Crippen LogP contribution in [0.1, 0.15) is 12.8 Å². The molecule has 1 aliphatic heterocycles. The van der Waals surface area contributed by atoms with Crippen molar-refractivity contribution in [2.24, 2.45) is 0 Å². The van der Waals surface area contributed by atoms with Gasteiger partial charge in [-0.1, -0.05) is 17.7 Å². The number of benzene rings is 1. The van der Waals surface area contributed by atoms with E-state index in [9.17, 15) is 10.1 Å². The molecule has 0 aliphatic carbocycles. The molecule has 0 amide bonds. The minimum atomic E-state index is -0.432. The van der Waals surface area contributed by atoms with Crippen molar-refractivity contribution in [3.63, 3.8) is 0 Å². The molecule has 0 atom stereocenters. The van der Waals surface area contributed by atoms with Crippen LogP contribution in [0.15, 0.2) is 18.2 Å². The zero-order valence-electron chi connectivity index (χ0n) is 10.9. The van der Waals surface area contributed by atoms with Gasteiger partial charge in [0.2, 0.25) is 0 Å². The average molecular weight is 295 g/mol. The molecule has 0 spiro atoms. The number of nitriles is 1. The summed E-state index contributed by atoms with van der Waals surface area (Å²) < 4.78 is 0. The number of piperidine rings is 1. The summed E-state index contributed by atoms with van der Waals surface area (Å²) in [5.74, 6) is 0. The quantitative estimate of drug-likeness (QED) is 0.524. The molecule has 6 nitrogen and oxygen atoms in total. The second-order valence-electron chi connectivity index (χ2n) is 4.74. The lowest BCUT2D eigenvalue weighted by Crippen LogP contribution is -2.39. The summed E-state index contributed by atoms with van der Waals surface area (Å²) >= 11 is 6.05. The van der Waals surface area contributed by atoms with Gasteiger partial charge < -0.3 is 5.32 Å². The van der Waals surface area contributed by atoms with Gasteiger partial charge in [-0.05, 0) is 18.9 Å². The number of likely N-dealkylation sites (tertiary alicyclic amines) is 1. The normalized spacial score (nSPS) is 16.6. The molecule has 20 heavy (non-hydrogen) atoms. The van der Waals surface area contributed by atoms with E-state index >= 15 is 0 Å². The molecule has 7 heteroatoms. The second kappa shape index (κ2) is 6.55. The number of halogens is 1. The lowest BCUT2D eigenvalue weighted by molar-refractivity contribution is -0.384. The van der Waals surface area contributed by atoms with Crippen molar-refractivity contribution in [3.8, 4) is 6.07 Å². The zero-order valence-corrected chi connectivity index (χ0v) is 11.6. The molecule has 0 aromatic heterocycles. The van der Waals surface area contributed by atoms with Crippen molar-refractivity contribution < 1.29 is 4.92 Å². The topological polar surface area (TPSA) is 82.2 Å². The van der Waals surface area contributed by atoms with Crippen molar-refractivity contribution in [1.82, 2.24) is 4.90 Å². The largest absolute Gasteiger partial charge is 0.375 e. The zero-order chi connectivity index (χ0) is 14.5. The molecule has 1 fully saturated rings. The maximum absolute atomic E-state index is 11.0. The lowest BCUT2D eigenvalue weighted by Gasteiger charge is -2.31. The minimum Gasteiger partial charge on any atom is -0.375 e. The SMILES string of the molecule is N#CCN1CCC(Nc2c(Cl)cccc2[N+](=O)[O-])CC1. The molecule has 106 valence electrons. The van der Waals surface area contributed by atoms with Crippen LogP contribution in [-0.4, -0.2) is 35.5 Å². The van der Waals surface area contributed by atoms with Gasteiger partial charge in [-0.15, -0.1) is 0 Å². The van der Waals surface area contributed by atoms with Gasteiger partial charge in [-0.25, -0.2) is 0 Å². The monoisotopic (exact) mass is 294 g/mol. The number of nitro groups is 1. The molecule has 1 saturated heterocycles. The number of rotatable bonds is 4. The van der Waals surface area contributed by atoms with Gasteiger partial charge in [0.05, 0.1) is 22.6 Å². The van der Waals surface area contributed by atoms with Crippen LogP contribution in [-0.2, 0) is 0 Å². The van der Waals surface area contributed by atoms with Crippen LogP contribution in [0.5, 0.6) is 0 Å². The molecule has 1 aromatic rings. The van der Waals surface area contributed by atoms with Crippen molar-refractivity contribution >= 4 is 23.0 Å². The predicted molar refractivity (Wildman–Crippen MR) is 76.8 cm³/mol. The standard InChI is InChI=1S/C13H15ClN4O2/c14-11-2-1-3-12(18(19)20)13(11)16-10-4-7-17(8-5-10)9-6-15/h1-3,10,16H,4-5,7-9H2. The van der Waals surface area contributed by atoms with Crippen LogP contribution < -0.4 is 5.32 Å². The van der Waals surface area contributed by atoms with Gasteiger partial charge >= 0.3 is 0 Å². The smallest absolute Gasteiger partial charge is 0.293 e. The predicted octanol–water partition coefficient (Wildman–Crippen LogP) is 2.65. The summed E-state index contributed by atoms with van der Waals surface area (Å²) in [6.07, 6.45) is 1.67. The number of nitrogens with one attached hydrogen (secondary N) is 1. The Bertz CT molecular complexity index is 536. The molecule has 0 bridgehead atoms. The van der Waals surface area contributed by atoms with Crippen LogP contribution in [0.2, 0.25) is 5.02 Å². The minimum absolute atomic E-state index is 0.00282. The number of anilines is 1. The Hall–Kier alpha value is -1.84. The molecule has 1 heterocycles. The van der Waals surface area contributed by atoms with Crippen molar-refractivity contribution in [1.29, 1.82) is 5.26 Å². The highest BCUT2D eigenvalue weighted by Gasteiger charge is 2.23. The van der Waals surface area contributed by atoms with E-state index in [1.807, 2.05) is 0 Å². The van der Waals surface area contributed by atoms with Crippen LogP contribution in [0.25, 0.3) is 0 Å². The van der Waals surface area contributed by atoms with Crippen LogP contribution in [0.3, 0.4) is 0 Å². The molecular formula is C13H15ClN4O2. The van der Waals surface area contributed by atoms with Gasteiger partial charge in [0.15, 0.2) is 0 Å². The first kappa shape index (κ1) is 14.6. The maximum Gasteiger partial charge on any atom is 0.293 e.